The van der Waals surface area contributed by atoms with E-state index >= 15 is 0 Å². The number of carbonyl (C=O) groups excluding carboxylic acids is 1. The van der Waals surface area contributed by atoms with Crippen molar-refractivity contribution in [2.45, 2.75) is 12.5 Å². The molecule has 1 aliphatic rings. The maximum atomic E-state index is 10.9. The van der Waals surface area contributed by atoms with Crippen LogP contribution in [0.4, 0.5) is 0 Å². The molecule has 1 amide bonds. The van der Waals surface area contributed by atoms with Crippen molar-refractivity contribution in [3.05, 3.63) is 0 Å². The van der Waals surface area contributed by atoms with Crippen LogP contribution in [0.25, 0.3) is 0 Å². The molecule has 0 saturated carbocycles. The van der Waals surface area contributed by atoms with Crippen molar-refractivity contribution in [2.24, 2.45) is 0 Å². The maximum absolute atomic E-state index is 10.9. The summed E-state index contributed by atoms with van der Waals surface area (Å²) in [6.45, 7) is 1.14. The summed E-state index contributed by atoms with van der Waals surface area (Å²) < 4.78 is 0. The number of amides is 1. The van der Waals surface area contributed by atoms with Crippen molar-refractivity contribution in [1.29, 1.82) is 0 Å². The Balaban J connectivity index is 2.35. The average molecular weight is 158 g/mol. The van der Waals surface area contributed by atoms with Gasteiger partial charge in [0.15, 0.2) is 0 Å². The summed E-state index contributed by atoms with van der Waals surface area (Å²) in [5.74, 6) is -0.164. The van der Waals surface area contributed by atoms with E-state index in [1.807, 2.05) is 7.05 Å². The quantitative estimate of drug-likeness (QED) is 0.530. The normalized spacial score (nSPS) is 24.2. The zero-order valence-corrected chi connectivity index (χ0v) is 6.71. The molecule has 0 radical (unpaired) electrons. The molecule has 4 heteroatoms. The molecule has 1 heterocycles. The van der Waals surface area contributed by atoms with Crippen molar-refractivity contribution in [1.82, 2.24) is 10.2 Å². The maximum Gasteiger partial charge on any atom is 0.248 e. The van der Waals surface area contributed by atoms with Crippen LogP contribution in [0.2, 0.25) is 0 Å². The van der Waals surface area contributed by atoms with Crippen molar-refractivity contribution < 1.29 is 9.90 Å². The lowest BCUT2D eigenvalue weighted by atomic mass is 10.3. The zero-order valence-electron chi connectivity index (χ0n) is 6.71. The van der Waals surface area contributed by atoms with E-state index in [0.717, 1.165) is 19.5 Å². The Morgan fingerprint density at radius 1 is 1.82 bits per heavy atom. The van der Waals surface area contributed by atoms with Crippen LogP contribution in [-0.2, 0) is 4.79 Å². The molecule has 0 aromatic heterocycles. The van der Waals surface area contributed by atoms with Gasteiger partial charge in [-0.25, -0.2) is 0 Å². The van der Waals surface area contributed by atoms with Crippen LogP contribution in [0.5, 0.6) is 0 Å². The SMILES string of the molecule is CN[C@H]1CCN(C(=O)CO)C1. The van der Waals surface area contributed by atoms with Gasteiger partial charge in [-0.2, -0.15) is 0 Å². The van der Waals surface area contributed by atoms with Gasteiger partial charge in [0.1, 0.15) is 6.61 Å². The fourth-order valence-electron chi connectivity index (χ4n) is 1.32. The first-order valence-electron chi connectivity index (χ1n) is 3.84. The number of likely N-dealkylation sites (tertiary alicyclic amines) is 1. The van der Waals surface area contributed by atoms with Gasteiger partial charge in [-0.1, -0.05) is 0 Å². The third-order valence-corrected chi connectivity index (χ3v) is 2.08. The molecule has 1 atom stereocenters. The fraction of sp³-hybridized carbons (Fsp3) is 0.857. The molecule has 0 unspecified atom stereocenters. The second-order valence-corrected chi connectivity index (χ2v) is 2.77. The highest BCUT2D eigenvalue weighted by atomic mass is 16.3. The third-order valence-electron chi connectivity index (χ3n) is 2.08. The molecule has 0 aromatic carbocycles. The van der Waals surface area contributed by atoms with E-state index in [1.54, 1.807) is 4.90 Å². The Labute approximate surface area is 66.2 Å². The summed E-state index contributed by atoms with van der Waals surface area (Å²) >= 11 is 0. The molecular weight excluding hydrogens is 144 g/mol. The Bertz CT molecular complexity index is 149. The van der Waals surface area contributed by atoms with E-state index in [0.29, 0.717) is 6.04 Å². The highest BCUT2D eigenvalue weighted by Crippen LogP contribution is 2.07. The molecule has 0 spiro atoms. The molecule has 0 aromatic rings. The minimum absolute atomic E-state index is 0.164. The second-order valence-electron chi connectivity index (χ2n) is 2.77. The number of carbonyl (C=O) groups is 1. The van der Waals surface area contributed by atoms with Gasteiger partial charge in [-0.15, -0.1) is 0 Å². The highest BCUT2D eigenvalue weighted by molar-refractivity contribution is 5.77. The molecule has 4 nitrogen and oxygen atoms in total. The predicted octanol–water partition coefficient (Wildman–Crippen LogP) is -1.20. The largest absolute Gasteiger partial charge is 0.387 e. The lowest BCUT2D eigenvalue weighted by Crippen LogP contribution is -2.34. The molecule has 0 aliphatic carbocycles. The van der Waals surface area contributed by atoms with E-state index in [-0.39, 0.29) is 12.5 Å². The summed E-state index contributed by atoms with van der Waals surface area (Å²) in [5, 5.41) is 11.6. The van der Waals surface area contributed by atoms with E-state index in [9.17, 15) is 4.79 Å². The van der Waals surface area contributed by atoms with Crippen molar-refractivity contribution >= 4 is 5.91 Å². The van der Waals surface area contributed by atoms with E-state index in [1.165, 1.54) is 0 Å². The van der Waals surface area contributed by atoms with Crippen molar-refractivity contribution in [3.8, 4) is 0 Å². The monoisotopic (exact) mass is 158 g/mol. The lowest BCUT2D eigenvalue weighted by molar-refractivity contribution is -0.133. The summed E-state index contributed by atoms with van der Waals surface area (Å²) in [6, 6.07) is 0.408. The van der Waals surface area contributed by atoms with Crippen LogP contribution in [0.3, 0.4) is 0 Å². The molecule has 2 N–H and O–H groups in total. The Kier molecular flexibility index (Phi) is 2.84. The number of nitrogens with one attached hydrogen (secondary N) is 1. The van der Waals surface area contributed by atoms with Crippen LogP contribution in [0.1, 0.15) is 6.42 Å². The first-order chi connectivity index (χ1) is 5.27. The number of hydrogen-bond donors (Lipinski definition) is 2. The van der Waals surface area contributed by atoms with Gasteiger partial charge >= 0.3 is 0 Å². The highest BCUT2D eigenvalue weighted by Gasteiger charge is 2.23. The molecule has 11 heavy (non-hydrogen) atoms. The fourth-order valence-corrected chi connectivity index (χ4v) is 1.32. The zero-order chi connectivity index (χ0) is 8.27. The summed E-state index contributed by atoms with van der Waals surface area (Å²) in [4.78, 5) is 12.6. The number of hydrogen-bond acceptors (Lipinski definition) is 3. The number of likely N-dealkylation sites (N-methyl/N-ethyl adjacent to an activating group) is 1. The van der Waals surface area contributed by atoms with Crippen LogP contribution in [0, 0.1) is 0 Å². The number of aliphatic hydroxyl groups is 1. The average Bonchev–Trinajstić information content (AvgIpc) is 2.50. The first-order valence-corrected chi connectivity index (χ1v) is 3.84. The van der Waals surface area contributed by atoms with Gasteiger partial charge in [-0.05, 0) is 13.5 Å². The summed E-state index contributed by atoms with van der Waals surface area (Å²) in [6.07, 6.45) is 0.988. The Morgan fingerprint density at radius 2 is 2.55 bits per heavy atom. The smallest absolute Gasteiger partial charge is 0.248 e. The van der Waals surface area contributed by atoms with Gasteiger partial charge in [0.2, 0.25) is 5.91 Å². The molecular formula is C7H14N2O2. The van der Waals surface area contributed by atoms with E-state index < -0.39 is 0 Å². The van der Waals surface area contributed by atoms with Crippen molar-refractivity contribution in [2.75, 3.05) is 26.7 Å². The minimum atomic E-state index is -0.365. The Hall–Kier alpha value is -0.610. The standard InChI is InChI=1S/C7H14N2O2/c1-8-6-2-3-9(4-6)7(11)5-10/h6,8,10H,2-5H2,1H3/t6-/m0/s1. The van der Waals surface area contributed by atoms with E-state index in [2.05, 4.69) is 5.32 Å². The van der Waals surface area contributed by atoms with Crippen molar-refractivity contribution in [3.63, 3.8) is 0 Å². The van der Waals surface area contributed by atoms with E-state index in [4.69, 9.17) is 5.11 Å². The molecule has 1 aliphatic heterocycles. The Morgan fingerprint density at radius 3 is 3.00 bits per heavy atom. The van der Waals surface area contributed by atoms with Gasteiger partial charge in [0.05, 0.1) is 0 Å². The number of rotatable bonds is 2. The molecule has 0 bridgehead atoms. The van der Waals surface area contributed by atoms with Crippen LogP contribution < -0.4 is 5.32 Å². The summed E-state index contributed by atoms with van der Waals surface area (Å²) in [5.41, 5.74) is 0. The van der Waals surface area contributed by atoms with Gasteiger partial charge in [-0.3, -0.25) is 4.79 Å². The molecule has 1 fully saturated rings. The second kappa shape index (κ2) is 3.69. The van der Waals surface area contributed by atoms with Crippen LogP contribution in [-0.4, -0.2) is 48.7 Å². The summed E-state index contributed by atoms with van der Waals surface area (Å²) in [7, 11) is 1.89. The number of nitrogens with zero attached hydrogens (tertiary/aromatic N) is 1. The van der Waals surface area contributed by atoms with Gasteiger partial charge in [0, 0.05) is 19.1 Å². The minimum Gasteiger partial charge on any atom is -0.387 e. The third kappa shape index (κ3) is 1.91. The number of aliphatic hydroxyl groups excluding tert-OH is 1. The molecule has 64 valence electrons. The lowest BCUT2D eigenvalue weighted by Gasteiger charge is -2.14. The van der Waals surface area contributed by atoms with Crippen LogP contribution in [0.15, 0.2) is 0 Å². The predicted molar refractivity (Wildman–Crippen MR) is 41.1 cm³/mol. The van der Waals surface area contributed by atoms with Crippen LogP contribution >= 0.6 is 0 Å². The molecule has 1 rings (SSSR count). The first kappa shape index (κ1) is 8.49. The van der Waals surface area contributed by atoms with Gasteiger partial charge in [0.25, 0.3) is 0 Å². The topological polar surface area (TPSA) is 52.6 Å². The van der Waals surface area contributed by atoms with Gasteiger partial charge < -0.3 is 15.3 Å². The molecule has 1 saturated heterocycles.